The first-order valence-corrected chi connectivity index (χ1v) is 15.5. The number of pyridine rings is 1. The second-order valence-electron chi connectivity index (χ2n) is 10.2. The van der Waals surface area contributed by atoms with E-state index in [4.69, 9.17) is 15.2 Å². The highest BCUT2D eigenvalue weighted by Gasteiger charge is 2.27. The van der Waals surface area contributed by atoms with E-state index in [0.29, 0.717) is 40.7 Å². The van der Waals surface area contributed by atoms with Crippen LogP contribution in [0.5, 0.6) is 11.5 Å². The van der Waals surface area contributed by atoms with Crippen LogP contribution in [0.1, 0.15) is 26.3 Å². The molecule has 3 aromatic heterocycles. The number of aromatic carboxylic acids is 1. The van der Waals surface area contributed by atoms with Crippen LogP contribution in [0, 0.1) is 0 Å². The van der Waals surface area contributed by atoms with Gasteiger partial charge in [0.1, 0.15) is 17.3 Å². The number of carbonyl (C=O) groups is 2. The van der Waals surface area contributed by atoms with Gasteiger partial charge in [-0.2, -0.15) is 0 Å². The number of hydrogen-bond donors (Lipinski definition) is 3. The summed E-state index contributed by atoms with van der Waals surface area (Å²) in [5.41, 5.74) is 10.3. The number of nitrogen functional groups attached to an aromatic ring is 1. The lowest BCUT2D eigenvalue weighted by Crippen LogP contribution is -2.14. The van der Waals surface area contributed by atoms with E-state index < -0.39 is 11.9 Å². The number of benzene rings is 3. The monoisotopic (exact) mass is 619 g/mol. The molecule has 0 saturated heterocycles. The van der Waals surface area contributed by atoms with E-state index in [2.05, 4.69) is 10.3 Å². The number of aromatic nitrogens is 1. The van der Waals surface area contributed by atoms with E-state index in [-0.39, 0.29) is 11.1 Å². The SMILES string of the molecule is COc1cc(-c2cc3c(cc2C(=O)O)-c2sccc2CCO3)c(C(=O)Nc2ccc3c(N)nccc3c2)cc1-c1cccs1. The number of carboxylic acids is 1. The quantitative estimate of drug-likeness (QED) is 0.174. The fraction of sp³-hybridized carbons (Fsp3) is 0.0882. The molecule has 8 nitrogen and oxygen atoms in total. The molecule has 0 atom stereocenters. The van der Waals surface area contributed by atoms with Gasteiger partial charge >= 0.3 is 5.97 Å². The molecule has 4 N–H and O–H groups in total. The maximum atomic E-state index is 14.1. The number of nitrogens with two attached hydrogens (primary N) is 1. The second kappa shape index (κ2) is 11.1. The van der Waals surface area contributed by atoms with Gasteiger partial charge in [-0.05, 0) is 87.9 Å². The zero-order chi connectivity index (χ0) is 30.4. The van der Waals surface area contributed by atoms with E-state index in [1.807, 2.05) is 47.2 Å². The predicted molar refractivity (Wildman–Crippen MR) is 175 cm³/mol. The Labute approximate surface area is 260 Å². The zero-order valence-corrected chi connectivity index (χ0v) is 25.1. The fourth-order valence-electron chi connectivity index (χ4n) is 5.58. The lowest BCUT2D eigenvalue weighted by Gasteiger charge is -2.19. The lowest BCUT2D eigenvalue weighted by molar-refractivity contribution is 0.0697. The molecule has 0 radical (unpaired) electrons. The molecule has 3 aromatic carbocycles. The van der Waals surface area contributed by atoms with E-state index in [0.717, 1.165) is 43.6 Å². The number of ether oxygens (including phenoxy) is 2. The first kappa shape index (κ1) is 27.6. The molecule has 10 heteroatoms. The van der Waals surface area contributed by atoms with Crippen LogP contribution in [0.2, 0.25) is 0 Å². The number of carbonyl (C=O) groups excluding carboxylic acids is 1. The number of amides is 1. The van der Waals surface area contributed by atoms with Crippen molar-refractivity contribution in [2.75, 3.05) is 24.8 Å². The van der Waals surface area contributed by atoms with E-state index in [1.165, 1.54) is 11.3 Å². The average molecular weight is 620 g/mol. The Morgan fingerprint density at radius 3 is 2.59 bits per heavy atom. The topological polar surface area (TPSA) is 124 Å². The minimum atomic E-state index is -1.11. The van der Waals surface area contributed by atoms with Gasteiger partial charge in [0.05, 0.1) is 19.3 Å². The molecule has 1 aliphatic rings. The van der Waals surface area contributed by atoms with Crippen molar-refractivity contribution in [1.82, 2.24) is 4.98 Å². The molecule has 0 unspecified atom stereocenters. The van der Waals surface area contributed by atoms with Gasteiger partial charge in [-0.3, -0.25) is 4.79 Å². The third-order valence-electron chi connectivity index (χ3n) is 7.68. The number of fused-ring (bicyclic) bond motifs is 4. The number of anilines is 2. The first-order valence-electron chi connectivity index (χ1n) is 13.7. The normalized spacial score (nSPS) is 12.1. The molecule has 0 spiro atoms. The number of rotatable bonds is 6. The second-order valence-corrected chi connectivity index (χ2v) is 12.1. The van der Waals surface area contributed by atoms with Crippen LogP contribution < -0.4 is 20.5 Å². The molecule has 218 valence electrons. The molecular formula is C34H25N3O5S2. The van der Waals surface area contributed by atoms with Crippen molar-refractivity contribution in [3.05, 3.63) is 100 Å². The van der Waals surface area contributed by atoms with Gasteiger partial charge in [0.15, 0.2) is 0 Å². The summed E-state index contributed by atoms with van der Waals surface area (Å²) in [5.74, 6) is -0.0344. The smallest absolute Gasteiger partial charge is 0.336 e. The standard InChI is InChI=1S/C34H25N3O5S2/c1-41-28-16-22(23-17-29-27(15-25(23)34(39)40)31-18(7-10-42-29)8-12-44-31)24(14-26(28)30-3-2-11-43-30)33(38)37-20-4-5-21-19(13-20)6-9-36-32(21)35/h2-6,8-9,11-17H,7,10H2,1H3,(H2,35,36)(H,37,38)(H,39,40). The third kappa shape index (κ3) is 4.83. The maximum Gasteiger partial charge on any atom is 0.336 e. The van der Waals surface area contributed by atoms with Crippen molar-refractivity contribution < 1.29 is 24.2 Å². The molecule has 7 rings (SSSR count). The van der Waals surface area contributed by atoms with Crippen LogP contribution in [-0.2, 0) is 6.42 Å². The van der Waals surface area contributed by atoms with Crippen molar-refractivity contribution in [3.63, 3.8) is 0 Å². The van der Waals surface area contributed by atoms with Crippen LogP contribution >= 0.6 is 22.7 Å². The molecule has 4 heterocycles. The molecule has 1 amide bonds. The minimum Gasteiger partial charge on any atom is -0.496 e. The van der Waals surface area contributed by atoms with Gasteiger partial charge in [-0.15, -0.1) is 22.7 Å². The molecule has 0 bridgehead atoms. The molecule has 0 fully saturated rings. The van der Waals surface area contributed by atoms with Gasteiger partial charge in [-0.25, -0.2) is 9.78 Å². The largest absolute Gasteiger partial charge is 0.496 e. The van der Waals surface area contributed by atoms with Crippen molar-refractivity contribution in [2.45, 2.75) is 6.42 Å². The molecule has 0 aliphatic carbocycles. The Morgan fingerprint density at radius 2 is 1.80 bits per heavy atom. The number of thiophene rings is 2. The number of carboxylic acid groups (broad SMARTS) is 1. The molecule has 0 saturated carbocycles. The van der Waals surface area contributed by atoms with E-state index >= 15 is 0 Å². The summed E-state index contributed by atoms with van der Waals surface area (Å²) in [4.78, 5) is 32.9. The van der Waals surface area contributed by atoms with Crippen LogP contribution in [-0.4, -0.2) is 35.7 Å². The van der Waals surface area contributed by atoms with Crippen molar-refractivity contribution in [1.29, 1.82) is 0 Å². The van der Waals surface area contributed by atoms with Crippen LogP contribution in [0.15, 0.2) is 83.7 Å². The molecule has 6 aromatic rings. The Kier molecular flexibility index (Phi) is 7.00. The van der Waals surface area contributed by atoms with Gasteiger partial charge < -0.3 is 25.6 Å². The summed E-state index contributed by atoms with van der Waals surface area (Å²) in [7, 11) is 1.56. The lowest BCUT2D eigenvalue weighted by atomic mass is 9.90. The van der Waals surface area contributed by atoms with Crippen molar-refractivity contribution in [3.8, 4) is 43.5 Å². The maximum absolute atomic E-state index is 14.1. The van der Waals surface area contributed by atoms with Crippen LogP contribution in [0.3, 0.4) is 0 Å². The summed E-state index contributed by atoms with van der Waals surface area (Å²) in [5, 5.41) is 19.0. The van der Waals surface area contributed by atoms with Crippen LogP contribution in [0.4, 0.5) is 11.5 Å². The Morgan fingerprint density at radius 1 is 0.955 bits per heavy atom. The fourth-order valence-corrected chi connectivity index (χ4v) is 7.30. The molecule has 1 aliphatic heterocycles. The van der Waals surface area contributed by atoms with Gasteiger partial charge in [-0.1, -0.05) is 6.07 Å². The minimum absolute atomic E-state index is 0.0576. The Hall–Kier alpha value is -5.19. The van der Waals surface area contributed by atoms with Gasteiger partial charge in [0.25, 0.3) is 5.91 Å². The zero-order valence-electron chi connectivity index (χ0n) is 23.4. The number of nitrogens with one attached hydrogen (secondary N) is 1. The van der Waals surface area contributed by atoms with Gasteiger partial charge in [0, 0.05) is 55.7 Å². The van der Waals surface area contributed by atoms with Crippen molar-refractivity contribution in [2.24, 2.45) is 0 Å². The highest BCUT2D eigenvalue weighted by molar-refractivity contribution is 7.14. The third-order valence-corrected chi connectivity index (χ3v) is 9.58. The Balaban J connectivity index is 1.42. The molecule has 44 heavy (non-hydrogen) atoms. The summed E-state index contributed by atoms with van der Waals surface area (Å²) < 4.78 is 11.9. The number of hydrogen-bond acceptors (Lipinski definition) is 8. The van der Waals surface area contributed by atoms with Crippen LogP contribution in [0.25, 0.3) is 42.8 Å². The predicted octanol–water partition coefficient (Wildman–Crippen LogP) is 7.84. The summed E-state index contributed by atoms with van der Waals surface area (Å²) >= 11 is 3.07. The van der Waals surface area contributed by atoms with E-state index in [9.17, 15) is 14.7 Å². The highest BCUT2D eigenvalue weighted by Crippen LogP contribution is 2.45. The van der Waals surface area contributed by atoms with Gasteiger partial charge in [0.2, 0.25) is 0 Å². The average Bonchev–Trinajstić information content (AvgIpc) is 3.70. The summed E-state index contributed by atoms with van der Waals surface area (Å²) in [6.45, 7) is 0.457. The Bertz CT molecular complexity index is 2090. The first-order chi connectivity index (χ1) is 21.4. The van der Waals surface area contributed by atoms with E-state index in [1.54, 1.807) is 55.0 Å². The van der Waals surface area contributed by atoms with Crippen molar-refractivity contribution >= 4 is 56.8 Å². The summed E-state index contributed by atoms with van der Waals surface area (Å²) in [6, 6.07) is 20.0. The summed E-state index contributed by atoms with van der Waals surface area (Å²) in [6.07, 6.45) is 2.33. The number of methoxy groups -OCH3 is 1. The number of nitrogens with zero attached hydrogens (tertiary/aromatic N) is 1. The molecular weight excluding hydrogens is 595 g/mol. The highest BCUT2D eigenvalue weighted by atomic mass is 32.1.